The van der Waals surface area contributed by atoms with Gasteiger partial charge in [-0.15, -0.1) is 0 Å². The molecule has 0 fully saturated rings. The summed E-state index contributed by atoms with van der Waals surface area (Å²) >= 11 is 0. The molecule has 0 aromatic carbocycles. The number of carbonyl (C=O) groups excluding carboxylic acids is 1. The lowest BCUT2D eigenvalue weighted by Crippen LogP contribution is -2.38. The summed E-state index contributed by atoms with van der Waals surface area (Å²) < 4.78 is 38.1. The van der Waals surface area contributed by atoms with Gasteiger partial charge in [0.1, 0.15) is 5.54 Å². The number of nitrogens with zero attached hydrogens (tertiary/aromatic N) is 2. The van der Waals surface area contributed by atoms with Crippen LogP contribution < -0.4 is 10.9 Å². The minimum absolute atomic E-state index is 0.375. The molecule has 92 valence electrons. The van der Waals surface area contributed by atoms with Gasteiger partial charge in [0, 0.05) is 6.07 Å². The van der Waals surface area contributed by atoms with Crippen molar-refractivity contribution in [3.05, 3.63) is 22.1 Å². The lowest BCUT2D eigenvalue weighted by Gasteiger charge is -2.17. The van der Waals surface area contributed by atoms with Crippen LogP contribution in [0.1, 0.15) is 19.5 Å². The van der Waals surface area contributed by atoms with E-state index in [-0.39, 0.29) is 5.95 Å². The number of nitrogens with one attached hydrogen (secondary N) is 1. The lowest BCUT2D eigenvalue weighted by molar-refractivity contribution is -0.141. The maximum atomic E-state index is 12.4. The summed E-state index contributed by atoms with van der Waals surface area (Å²) in [4.78, 5) is 26.3. The maximum Gasteiger partial charge on any atom is 0.433 e. The number of carbonyl (C=O) groups is 1. The number of anilines is 1. The molecule has 0 saturated carbocycles. The van der Waals surface area contributed by atoms with Gasteiger partial charge in [0.2, 0.25) is 5.95 Å². The van der Waals surface area contributed by atoms with Gasteiger partial charge < -0.3 is 0 Å². The molecule has 1 aliphatic heterocycles. The normalized spacial score (nSPS) is 17.8. The minimum atomic E-state index is -4.72. The molecule has 2 heterocycles. The van der Waals surface area contributed by atoms with Gasteiger partial charge in [-0.25, -0.2) is 4.98 Å². The molecule has 0 saturated heterocycles. The Kier molecular flexibility index (Phi) is 2.11. The van der Waals surface area contributed by atoms with Gasteiger partial charge in [-0.1, -0.05) is 0 Å². The Balaban J connectivity index is 2.70. The molecule has 1 N–H and O–H groups in total. The monoisotopic (exact) mass is 247 g/mol. The number of amides is 1. The van der Waals surface area contributed by atoms with Crippen molar-refractivity contribution in [1.29, 1.82) is 0 Å². The number of hydrogen-bond acceptors (Lipinski definition) is 3. The van der Waals surface area contributed by atoms with Gasteiger partial charge in [-0.2, -0.15) is 13.2 Å². The third-order valence-corrected chi connectivity index (χ3v) is 2.55. The molecule has 1 aliphatic rings. The zero-order valence-electron chi connectivity index (χ0n) is 8.92. The number of hydrogen-bond donors (Lipinski definition) is 1. The largest absolute Gasteiger partial charge is 0.433 e. The highest BCUT2D eigenvalue weighted by molar-refractivity contribution is 5.98. The molecule has 17 heavy (non-hydrogen) atoms. The molecule has 5 nitrogen and oxygen atoms in total. The van der Waals surface area contributed by atoms with E-state index in [0.29, 0.717) is 6.07 Å². The molecule has 0 bridgehead atoms. The molecule has 0 aliphatic carbocycles. The summed E-state index contributed by atoms with van der Waals surface area (Å²) in [7, 11) is 0. The van der Waals surface area contributed by atoms with E-state index in [4.69, 9.17) is 0 Å². The highest BCUT2D eigenvalue weighted by Gasteiger charge is 2.42. The van der Waals surface area contributed by atoms with Crippen molar-refractivity contribution in [2.75, 3.05) is 5.32 Å². The summed E-state index contributed by atoms with van der Waals surface area (Å²) in [5, 5.41) is 2.15. The van der Waals surface area contributed by atoms with Gasteiger partial charge >= 0.3 is 6.18 Å². The number of rotatable bonds is 0. The van der Waals surface area contributed by atoms with Gasteiger partial charge in [-0.05, 0) is 13.8 Å². The third-order valence-electron chi connectivity index (χ3n) is 2.55. The predicted octanol–water partition coefficient (Wildman–Crippen LogP) is 0.949. The quantitative estimate of drug-likeness (QED) is 0.742. The summed E-state index contributed by atoms with van der Waals surface area (Å²) in [6.45, 7) is 2.85. The topological polar surface area (TPSA) is 64.0 Å². The summed E-state index contributed by atoms with van der Waals surface area (Å²) in [5.41, 5.74) is -3.46. The van der Waals surface area contributed by atoms with Crippen LogP contribution in [0.4, 0.5) is 19.1 Å². The first-order valence-corrected chi connectivity index (χ1v) is 4.67. The van der Waals surface area contributed by atoms with E-state index in [0.717, 1.165) is 4.57 Å². The number of halogens is 3. The first-order chi connectivity index (χ1) is 7.64. The van der Waals surface area contributed by atoms with Gasteiger partial charge in [0.25, 0.3) is 11.5 Å². The SMILES string of the molecule is CC1(C)C(=O)Nc2nc(C(F)(F)F)cc(=O)n21. The first-order valence-electron chi connectivity index (χ1n) is 4.67. The van der Waals surface area contributed by atoms with Crippen molar-refractivity contribution in [3.63, 3.8) is 0 Å². The van der Waals surface area contributed by atoms with Crippen molar-refractivity contribution < 1.29 is 18.0 Å². The smallest absolute Gasteiger partial charge is 0.294 e. The standard InChI is InChI=1S/C9H8F3N3O2/c1-8(2)6(17)14-7-13-4(9(10,11)12)3-5(16)15(7)8/h3H,1-2H3,(H,13,14,17). The van der Waals surface area contributed by atoms with E-state index < -0.39 is 28.9 Å². The van der Waals surface area contributed by atoms with Crippen LogP contribution in [0.25, 0.3) is 0 Å². The van der Waals surface area contributed by atoms with Crippen molar-refractivity contribution in [1.82, 2.24) is 9.55 Å². The van der Waals surface area contributed by atoms with E-state index in [2.05, 4.69) is 10.3 Å². The van der Waals surface area contributed by atoms with Gasteiger partial charge in [-0.3, -0.25) is 19.5 Å². The molecule has 2 rings (SSSR count). The fraction of sp³-hybridized carbons (Fsp3) is 0.444. The fourth-order valence-corrected chi connectivity index (χ4v) is 1.61. The Morgan fingerprint density at radius 1 is 1.35 bits per heavy atom. The van der Waals surface area contributed by atoms with E-state index in [1.807, 2.05) is 0 Å². The molecule has 0 unspecified atom stereocenters. The lowest BCUT2D eigenvalue weighted by atomic mass is 10.1. The Hall–Kier alpha value is -1.86. The molecule has 1 aromatic rings. The molecule has 8 heteroatoms. The van der Waals surface area contributed by atoms with Gasteiger partial charge in [0.05, 0.1) is 0 Å². The van der Waals surface area contributed by atoms with Crippen LogP contribution in [-0.4, -0.2) is 15.5 Å². The fourth-order valence-electron chi connectivity index (χ4n) is 1.61. The van der Waals surface area contributed by atoms with E-state index in [1.54, 1.807) is 0 Å². The summed E-state index contributed by atoms with van der Waals surface area (Å²) in [6, 6.07) is 0.380. The molecule has 1 aromatic heterocycles. The average molecular weight is 247 g/mol. The van der Waals surface area contributed by atoms with E-state index in [1.165, 1.54) is 13.8 Å². The number of alkyl halides is 3. The van der Waals surface area contributed by atoms with Gasteiger partial charge in [0.15, 0.2) is 5.69 Å². The van der Waals surface area contributed by atoms with Crippen molar-refractivity contribution in [2.45, 2.75) is 25.6 Å². The number of fused-ring (bicyclic) bond motifs is 1. The van der Waals surface area contributed by atoms with E-state index >= 15 is 0 Å². The molecule has 0 atom stereocenters. The van der Waals surface area contributed by atoms with Crippen LogP contribution in [-0.2, 0) is 16.5 Å². The van der Waals surface area contributed by atoms with Crippen LogP contribution >= 0.6 is 0 Å². The molecule has 0 radical (unpaired) electrons. The van der Waals surface area contributed by atoms with Crippen molar-refractivity contribution >= 4 is 11.9 Å². The second-order valence-electron chi connectivity index (χ2n) is 4.15. The zero-order valence-corrected chi connectivity index (χ0v) is 8.92. The Bertz CT molecular complexity index is 560. The van der Waals surface area contributed by atoms with Crippen molar-refractivity contribution in [2.24, 2.45) is 0 Å². The van der Waals surface area contributed by atoms with Crippen LogP contribution in [0.3, 0.4) is 0 Å². The molecular weight excluding hydrogens is 239 g/mol. The Labute approximate surface area is 93.3 Å². The average Bonchev–Trinajstić information content (AvgIpc) is 2.36. The second-order valence-corrected chi connectivity index (χ2v) is 4.15. The Morgan fingerprint density at radius 3 is 2.47 bits per heavy atom. The van der Waals surface area contributed by atoms with Crippen molar-refractivity contribution in [3.8, 4) is 0 Å². The number of aromatic nitrogens is 2. The summed E-state index contributed by atoms with van der Waals surface area (Å²) in [6.07, 6.45) is -4.72. The molecular formula is C9H8F3N3O2. The van der Waals surface area contributed by atoms with E-state index in [9.17, 15) is 22.8 Å². The summed E-state index contributed by atoms with van der Waals surface area (Å²) in [5.74, 6) is -0.943. The van der Waals surface area contributed by atoms with Crippen LogP contribution in [0.15, 0.2) is 10.9 Å². The predicted molar refractivity (Wildman–Crippen MR) is 51.5 cm³/mol. The highest BCUT2D eigenvalue weighted by atomic mass is 19.4. The highest BCUT2D eigenvalue weighted by Crippen LogP contribution is 2.31. The third kappa shape index (κ3) is 1.60. The van der Waals surface area contributed by atoms with Crippen LogP contribution in [0.5, 0.6) is 0 Å². The first kappa shape index (κ1) is 11.6. The second kappa shape index (κ2) is 3.08. The minimum Gasteiger partial charge on any atom is -0.294 e. The van der Waals surface area contributed by atoms with Crippen LogP contribution in [0, 0.1) is 0 Å². The maximum absolute atomic E-state index is 12.4. The van der Waals surface area contributed by atoms with Crippen LogP contribution in [0.2, 0.25) is 0 Å². The Morgan fingerprint density at radius 2 is 1.94 bits per heavy atom. The molecule has 1 amide bonds. The zero-order chi connectivity index (χ0) is 13.0. The molecule has 0 spiro atoms.